The van der Waals surface area contributed by atoms with Gasteiger partial charge in [-0.2, -0.15) is 0 Å². The number of hydrogen-bond acceptors (Lipinski definition) is 2. The van der Waals surface area contributed by atoms with Gasteiger partial charge in [0.15, 0.2) is 0 Å². The Hall–Kier alpha value is -0.370. The monoisotopic (exact) mass is 247 g/mol. The van der Waals surface area contributed by atoms with Gasteiger partial charge in [0.05, 0.1) is 0 Å². The van der Waals surface area contributed by atoms with Crippen LogP contribution in [0.3, 0.4) is 0 Å². The van der Waals surface area contributed by atoms with E-state index in [1.807, 2.05) is 0 Å². The first-order valence-electron chi connectivity index (χ1n) is 8.10. The first-order valence-corrected chi connectivity index (χ1v) is 8.10. The predicted octanol–water partition coefficient (Wildman–Crippen LogP) is 3.01. The van der Waals surface area contributed by atoms with Crippen LogP contribution in [0.2, 0.25) is 0 Å². The van der Waals surface area contributed by atoms with Crippen molar-refractivity contribution in [1.82, 2.24) is 4.90 Å². The minimum atomic E-state index is 0.332. The molecule has 1 heterocycles. The van der Waals surface area contributed by atoms with Gasteiger partial charge in [-0.25, -0.2) is 0 Å². The van der Waals surface area contributed by atoms with E-state index in [0.29, 0.717) is 17.2 Å². The number of carbonyl (C=O) groups is 1. The number of Topliss-reactive ketones (excluding diaryl/α,β-unsaturated/α-hetero) is 1. The van der Waals surface area contributed by atoms with Gasteiger partial charge in [0, 0.05) is 17.9 Å². The summed E-state index contributed by atoms with van der Waals surface area (Å²) in [7, 11) is 0. The van der Waals surface area contributed by atoms with Crippen LogP contribution in [0.1, 0.15) is 57.8 Å². The van der Waals surface area contributed by atoms with Gasteiger partial charge in [-0.05, 0) is 63.5 Å². The highest BCUT2D eigenvalue weighted by molar-refractivity contribution is 5.85. The van der Waals surface area contributed by atoms with Crippen LogP contribution in [0.5, 0.6) is 0 Å². The molecule has 5 rings (SSSR count). The van der Waals surface area contributed by atoms with Crippen LogP contribution in [-0.2, 0) is 4.79 Å². The second kappa shape index (κ2) is 4.06. The summed E-state index contributed by atoms with van der Waals surface area (Å²) < 4.78 is 0. The van der Waals surface area contributed by atoms with E-state index in [4.69, 9.17) is 0 Å². The van der Waals surface area contributed by atoms with Crippen molar-refractivity contribution in [2.45, 2.75) is 63.3 Å². The molecule has 2 nitrogen and oxygen atoms in total. The maximum atomic E-state index is 12.4. The molecule has 0 aromatic carbocycles. The summed E-state index contributed by atoms with van der Waals surface area (Å²) in [6.07, 6.45) is 11.7. The summed E-state index contributed by atoms with van der Waals surface area (Å²) in [4.78, 5) is 15.2. The minimum absolute atomic E-state index is 0.332. The third-order valence-electron chi connectivity index (χ3n) is 6.53. The van der Waals surface area contributed by atoms with Crippen molar-refractivity contribution in [3.05, 3.63) is 0 Å². The van der Waals surface area contributed by atoms with Crippen molar-refractivity contribution in [1.29, 1.82) is 0 Å². The SMILES string of the molecule is O=C1CC2CCC1C1(N3CCCCC3)CCCC21. The number of piperidine rings is 1. The van der Waals surface area contributed by atoms with Crippen LogP contribution >= 0.6 is 0 Å². The molecule has 2 heteroatoms. The molecular formula is C16H25NO. The number of nitrogens with zero attached hydrogens (tertiary/aromatic N) is 1. The van der Waals surface area contributed by atoms with Crippen LogP contribution in [0.15, 0.2) is 0 Å². The average molecular weight is 247 g/mol. The van der Waals surface area contributed by atoms with Crippen molar-refractivity contribution in [2.24, 2.45) is 17.8 Å². The fraction of sp³-hybridized carbons (Fsp3) is 0.938. The Morgan fingerprint density at radius 3 is 2.61 bits per heavy atom. The Labute approximate surface area is 110 Å². The summed E-state index contributed by atoms with van der Waals surface area (Å²) in [6, 6.07) is 0. The molecule has 0 aromatic heterocycles. The van der Waals surface area contributed by atoms with Crippen LogP contribution in [-0.4, -0.2) is 29.3 Å². The topological polar surface area (TPSA) is 20.3 Å². The zero-order valence-electron chi connectivity index (χ0n) is 11.4. The lowest BCUT2D eigenvalue weighted by Gasteiger charge is -2.59. The molecule has 1 saturated heterocycles. The van der Waals surface area contributed by atoms with E-state index < -0.39 is 0 Å². The molecule has 0 radical (unpaired) electrons. The zero-order valence-corrected chi connectivity index (χ0v) is 11.4. The second-order valence-corrected chi connectivity index (χ2v) is 7.10. The van der Waals surface area contributed by atoms with Gasteiger partial charge in [-0.15, -0.1) is 0 Å². The number of fused-ring (bicyclic) bond motifs is 2. The Balaban J connectivity index is 1.72. The van der Waals surface area contributed by atoms with E-state index >= 15 is 0 Å². The number of hydrogen-bond donors (Lipinski definition) is 0. The first-order chi connectivity index (χ1) is 8.82. The minimum Gasteiger partial charge on any atom is -0.299 e. The number of rotatable bonds is 1. The Bertz CT molecular complexity index is 360. The normalized spacial score (nSPS) is 48.4. The van der Waals surface area contributed by atoms with Crippen molar-refractivity contribution in [3.8, 4) is 0 Å². The third kappa shape index (κ3) is 1.36. The summed E-state index contributed by atoms with van der Waals surface area (Å²) >= 11 is 0. The van der Waals surface area contributed by atoms with Gasteiger partial charge in [0.25, 0.3) is 0 Å². The summed E-state index contributed by atoms with van der Waals surface area (Å²) in [6.45, 7) is 2.54. The maximum absolute atomic E-state index is 12.4. The van der Waals surface area contributed by atoms with Gasteiger partial charge in [-0.3, -0.25) is 9.69 Å². The number of carbonyl (C=O) groups excluding carboxylic acids is 1. The number of ketones is 1. The van der Waals surface area contributed by atoms with Crippen molar-refractivity contribution in [2.75, 3.05) is 13.1 Å². The van der Waals surface area contributed by atoms with E-state index in [-0.39, 0.29) is 0 Å². The van der Waals surface area contributed by atoms with E-state index in [1.165, 1.54) is 64.5 Å². The molecule has 100 valence electrons. The van der Waals surface area contributed by atoms with E-state index in [2.05, 4.69) is 4.90 Å². The van der Waals surface area contributed by atoms with Gasteiger partial charge in [-0.1, -0.05) is 12.8 Å². The first kappa shape index (κ1) is 11.5. The molecule has 5 aliphatic rings. The molecule has 1 aliphatic heterocycles. The predicted molar refractivity (Wildman–Crippen MR) is 71.3 cm³/mol. The molecule has 4 atom stereocenters. The standard InChI is InChI=1S/C16H25NO/c18-15-11-12-6-7-14(15)16(8-4-5-13(12)16)17-9-2-1-3-10-17/h12-14H,1-11H2. The molecule has 0 N–H and O–H groups in total. The van der Waals surface area contributed by atoms with Crippen molar-refractivity contribution >= 4 is 5.78 Å². The van der Waals surface area contributed by atoms with Crippen LogP contribution in [0.4, 0.5) is 0 Å². The fourth-order valence-corrected chi connectivity index (χ4v) is 5.96. The third-order valence-corrected chi connectivity index (χ3v) is 6.53. The van der Waals surface area contributed by atoms with Crippen LogP contribution < -0.4 is 0 Å². The summed E-state index contributed by atoms with van der Waals surface area (Å²) in [5.41, 5.74) is 0.332. The Morgan fingerprint density at radius 1 is 1.00 bits per heavy atom. The molecule has 0 spiro atoms. The smallest absolute Gasteiger partial charge is 0.138 e. The largest absolute Gasteiger partial charge is 0.299 e. The summed E-state index contributed by atoms with van der Waals surface area (Å²) in [5, 5.41) is 0. The van der Waals surface area contributed by atoms with Crippen LogP contribution in [0, 0.1) is 17.8 Å². The molecule has 0 amide bonds. The van der Waals surface area contributed by atoms with E-state index in [9.17, 15) is 4.79 Å². The quantitative estimate of drug-likeness (QED) is 0.710. The molecule has 5 fully saturated rings. The molecule has 4 saturated carbocycles. The lowest BCUT2D eigenvalue weighted by atomic mass is 9.54. The average Bonchev–Trinajstić information content (AvgIpc) is 2.87. The maximum Gasteiger partial charge on any atom is 0.138 e. The van der Waals surface area contributed by atoms with E-state index in [1.54, 1.807) is 0 Å². The molecular weight excluding hydrogens is 222 g/mol. The van der Waals surface area contributed by atoms with Gasteiger partial charge >= 0.3 is 0 Å². The van der Waals surface area contributed by atoms with Gasteiger partial charge in [0.1, 0.15) is 5.78 Å². The molecule has 0 aromatic rings. The Kier molecular flexibility index (Phi) is 2.58. The van der Waals surface area contributed by atoms with Crippen molar-refractivity contribution in [3.63, 3.8) is 0 Å². The Morgan fingerprint density at radius 2 is 1.83 bits per heavy atom. The summed E-state index contributed by atoms with van der Waals surface area (Å²) in [5.74, 6) is 2.64. The second-order valence-electron chi connectivity index (χ2n) is 7.10. The highest BCUT2D eigenvalue weighted by atomic mass is 16.1. The van der Waals surface area contributed by atoms with Gasteiger partial charge in [0.2, 0.25) is 0 Å². The fourth-order valence-electron chi connectivity index (χ4n) is 5.96. The van der Waals surface area contributed by atoms with Gasteiger partial charge < -0.3 is 0 Å². The molecule has 18 heavy (non-hydrogen) atoms. The van der Waals surface area contributed by atoms with Crippen molar-refractivity contribution < 1.29 is 4.79 Å². The lowest BCUT2D eigenvalue weighted by molar-refractivity contribution is -0.151. The molecule has 2 bridgehead atoms. The van der Waals surface area contributed by atoms with E-state index in [0.717, 1.165) is 18.3 Å². The number of likely N-dealkylation sites (tertiary alicyclic amines) is 1. The highest BCUT2D eigenvalue weighted by Gasteiger charge is 2.61. The molecule has 4 aliphatic carbocycles. The van der Waals surface area contributed by atoms with Crippen LogP contribution in [0.25, 0.3) is 0 Å². The molecule has 4 unspecified atom stereocenters. The zero-order chi connectivity index (χ0) is 12.2. The highest BCUT2D eigenvalue weighted by Crippen LogP contribution is 2.59. The lowest BCUT2D eigenvalue weighted by Crippen LogP contribution is -2.65.